The van der Waals surface area contributed by atoms with Crippen LogP contribution in [0.15, 0.2) is 27.9 Å². The molecule has 1 aromatic carbocycles. The van der Waals surface area contributed by atoms with Crippen molar-refractivity contribution in [3.8, 4) is 0 Å². The molecule has 0 spiro atoms. The third-order valence-corrected chi connectivity index (χ3v) is 1.98. The molecule has 2 rings (SSSR count). The second kappa shape index (κ2) is 4.80. The first-order chi connectivity index (χ1) is 7.20. The smallest absolute Gasteiger partial charge is 0.167 e. The monoisotopic (exact) mass is 245 g/mol. The van der Waals surface area contributed by atoms with E-state index < -0.39 is 0 Å². The van der Waals surface area contributed by atoms with Crippen LogP contribution in [-0.4, -0.2) is 16.2 Å². The lowest BCUT2D eigenvalue weighted by molar-refractivity contribution is 0.317. The minimum atomic E-state index is -0.383. The number of nitrogens with zero attached hydrogens (tertiary/aromatic N) is 2. The Bertz CT molecular complexity index is 526. The van der Waals surface area contributed by atoms with E-state index in [0.717, 1.165) is 0 Å². The second-order valence-corrected chi connectivity index (χ2v) is 3.04. The molecule has 0 saturated heterocycles. The molecule has 0 bridgehead atoms. The molecule has 0 atom stereocenters. The first-order valence-electron chi connectivity index (χ1n) is 4.21. The lowest BCUT2D eigenvalue weighted by Crippen LogP contribution is -2.14. The molecular weight excluding hydrogens is 237 g/mol. The van der Waals surface area contributed by atoms with E-state index in [-0.39, 0.29) is 30.5 Å². The molecule has 16 heavy (non-hydrogen) atoms. The number of amidine groups is 1. The quantitative estimate of drug-likeness (QED) is 0.365. The van der Waals surface area contributed by atoms with Gasteiger partial charge in [0.25, 0.3) is 0 Å². The molecule has 86 valence electrons. The summed E-state index contributed by atoms with van der Waals surface area (Å²) in [4.78, 5) is 0. The van der Waals surface area contributed by atoms with E-state index in [1.54, 1.807) is 0 Å². The summed E-state index contributed by atoms with van der Waals surface area (Å²) in [5, 5.41) is 15.4. The molecule has 0 aliphatic carbocycles. The van der Waals surface area contributed by atoms with Crippen LogP contribution in [0.5, 0.6) is 0 Å². The zero-order valence-corrected chi connectivity index (χ0v) is 8.87. The molecule has 3 N–H and O–H groups in total. The number of hydrogen-bond acceptors (Lipinski definition) is 4. The van der Waals surface area contributed by atoms with Crippen LogP contribution in [-0.2, 0) is 6.42 Å². The van der Waals surface area contributed by atoms with Gasteiger partial charge in [-0.1, -0.05) is 10.3 Å². The van der Waals surface area contributed by atoms with E-state index in [4.69, 9.17) is 15.5 Å². The summed E-state index contributed by atoms with van der Waals surface area (Å²) < 4.78 is 17.9. The number of aromatic nitrogens is 1. The van der Waals surface area contributed by atoms with Crippen LogP contribution >= 0.6 is 12.4 Å². The predicted molar refractivity (Wildman–Crippen MR) is 58.3 cm³/mol. The first-order valence-corrected chi connectivity index (χ1v) is 4.21. The highest BCUT2D eigenvalue weighted by Crippen LogP contribution is 2.19. The fraction of sp³-hybridized carbons (Fsp3) is 0.111. The van der Waals surface area contributed by atoms with E-state index in [1.165, 1.54) is 18.2 Å². The molecule has 5 nitrogen and oxygen atoms in total. The zero-order valence-electron chi connectivity index (χ0n) is 8.05. The van der Waals surface area contributed by atoms with E-state index in [9.17, 15) is 4.39 Å². The van der Waals surface area contributed by atoms with E-state index in [2.05, 4.69) is 10.3 Å². The number of oxime groups is 1. The maximum atomic E-state index is 12.9. The van der Waals surface area contributed by atoms with Crippen LogP contribution in [0.1, 0.15) is 5.69 Å². The van der Waals surface area contributed by atoms with Crippen LogP contribution in [0.2, 0.25) is 0 Å². The maximum Gasteiger partial charge on any atom is 0.167 e. The highest BCUT2D eigenvalue weighted by Gasteiger charge is 2.10. The van der Waals surface area contributed by atoms with Crippen molar-refractivity contribution in [2.24, 2.45) is 10.9 Å². The van der Waals surface area contributed by atoms with Gasteiger partial charge in [-0.2, -0.15) is 0 Å². The molecule has 0 amide bonds. The van der Waals surface area contributed by atoms with Gasteiger partial charge in [-0.3, -0.25) is 0 Å². The third kappa shape index (κ3) is 2.22. The summed E-state index contributed by atoms with van der Waals surface area (Å²) in [6, 6.07) is 4.06. The van der Waals surface area contributed by atoms with Crippen LogP contribution < -0.4 is 5.73 Å². The molecule has 0 aliphatic heterocycles. The summed E-state index contributed by atoms with van der Waals surface area (Å²) in [5.41, 5.74) is 6.23. The molecule has 0 unspecified atom stereocenters. The SMILES string of the molecule is Cl.N/C(Cc1noc2ccc(F)cc12)=N\O. The van der Waals surface area contributed by atoms with Gasteiger partial charge in [0.1, 0.15) is 11.7 Å². The topological polar surface area (TPSA) is 84.6 Å². The van der Waals surface area contributed by atoms with Gasteiger partial charge in [0.15, 0.2) is 5.58 Å². The Balaban J connectivity index is 0.00000128. The van der Waals surface area contributed by atoms with Gasteiger partial charge in [0.2, 0.25) is 0 Å². The Kier molecular flexibility index (Phi) is 3.68. The van der Waals surface area contributed by atoms with Crippen molar-refractivity contribution < 1.29 is 14.1 Å². The van der Waals surface area contributed by atoms with Crippen LogP contribution in [0, 0.1) is 5.82 Å². The molecular formula is C9H9ClFN3O2. The van der Waals surface area contributed by atoms with Crippen molar-refractivity contribution >= 4 is 29.2 Å². The summed E-state index contributed by atoms with van der Waals surface area (Å²) in [6.45, 7) is 0. The Labute approximate surface area is 96.1 Å². The molecule has 1 aromatic heterocycles. The minimum Gasteiger partial charge on any atom is -0.409 e. The Morgan fingerprint density at radius 1 is 1.56 bits per heavy atom. The molecule has 2 aromatic rings. The summed E-state index contributed by atoms with van der Waals surface area (Å²) >= 11 is 0. The molecule has 0 aliphatic rings. The average Bonchev–Trinajstić information content (AvgIpc) is 2.61. The number of halogens is 2. The largest absolute Gasteiger partial charge is 0.409 e. The Hall–Kier alpha value is -1.82. The average molecular weight is 246 g/mol. The maximum absolute atomic E-state index is 12.9. The molecule has 0 saturated carbocycles. The number of benzene rings is 1. The summed E-state index contributed by atoms with van der Waals surface area (Å²) in [5.74, 6) is -0.388. The highest BCUT2D eigenvalue weighted by atomic mass is 35.5. The van der Waals surface area contributed by atoms with Gasteiger partial charge in [0.05, 0.1) is 12.1 Å². The van der Waals surface area contributed by atoms with Crippen molar-refractivity contribution in [2.45, 2.75) is 6.42 Å². The standard InChI is InChI=1S/C9H8FN3O2.ClH/c10-5-1-2-8-6(3-5)7(13-15-8)4-9(11)12-14;/h1-3,14H,4H2,(H2,11,12);1H. The van der Waals surface area contributed by atoms with Crippen LogP contribution in [0.4, 0.5) is 4.39 Å². The lowest BCUT2D eigenvalue weighted by atomic mass is 10.1. The summed E-state index contributed by atoms with van der Waals surface area (Å²) in [7, 11) is 0. The van der Waals surface area contributed by atoms with Gasteiger partial charge < -0.3 is 15.5 Å². The lowest BCUT2D eigenvalue weighted by Gasteiger charge is -1.94. The van der Waals surface area contributed by atoms with Crippen molar-refractivity contribution in [3.05, 3.63) is 29.7 Å². The first kappa shape index (κ1) is 12.3. The van der Waals surface area contributed by atoms with Gasteiger partial charge in [-0.05, 0) is 18.2 Å². The van der Waals surface area contributed by atoms with Crippen molar-refractivity contribution in [2.75, 3.05) is 0 Å². The molecule has 1 heterocycles. The third-order valence-electron chi connectivity index (χ3n) is 1.98. The van der Waals surface area contributed by atoms with Crippen molar-refractivity contribution in [1.82, 2.24) is 5.16 Å². The number of nitrogens with two attached hydrogens (primary N) is 1. The van der Waals surface area contributed by atoms with E-state index in [0.29, 0.717) is 16.7 Å². The fourth-order valence-electron chi connectivity index (χ4n) is 1.30. The molecule has 7 heteroatoms. The fourth-order valence-corrected chi connectivity index (χ4v) is 1.30. The van der Waals surface area contributed by atoms with Gasteiger partial charge >= 0.3 is 0 Å². The molecule has 0 radical (unpaired) electrons. The van der Waals surface area contributed by atoms with Crippen LogP contribution in [0.25, 0.3) is 11.0 Å². The molecule has 0 fully saturated rings. The van der Waals surface area contributed by atoms with Crippen molar-refractivity contribution in [1.29, 1.82) is 0 Å². The van der Waals surface area contributed by atoms with E-state index in [1.807, 2.05) is 0 Å². The Morgan fingerprint density at radius 2 is 2.31 bits per heavy atom. The predicted octanol–water partition coefficient (Wildman–Crippen LogP) is 1.68. The highest BCUT2D eigenvalue weighted by molar-refractivity contribution is 5.87. The normalized spacial score (nSPS) is 11.4. The van der Waals surface area contributed by atoms with Gasteiger partial charge in [-0.15, -0.1) is 12.4 Å². The van der Waals surface area contributed by atoms with Crippen molar-refractivity contribution in [3.63, 3.8) is 0 Å². The summed E-state index contributed by atoms with van der Waals surface area (Å²) in [6.07, 6.45) is 0.118. The van der Waals surface area contributed by atoms with Gasteiger partial charge in [0, 0.05) is 5.39 Å². The van der Waals surface area contributed by atoms with Gasteiger partial charge in [-0.25, -0.2) is 4.39 Å². The van der Waals surface area contributed by atoms with Crippen LogP contribution in [0.3, 0.4) is 0 Å². The zero-order chi connectivity index (χ0) is 10.8. The number of fused-ring (bicyclic) bond motifs is 1. The minimum absolute atomic E-state index is 0. The van der Waals surface area contributed by atoms with E-state index >= 15 is 0 Å². The number of hydrogen-bond donors (Lipinski definition) is 2. The Morgan fingerprint density at radius 3 is 3.00 bits per heavy atom. The number of rotatable bonds is 2. The second-order valence-electron chi connectivity index (χ2n) is 3.04.